The Kier molecular flexibility index (Phi) is 4.38. The van der Waals surface area contributed by atoms with Crippen molar-refractivity contribution in [1.29, 1.82) is 0 Å². The molecule has 6 nitrogen and oxygen atoms in total. The van der Waals surface area contributed by atoms with Crippen molar-refractivity contribution < 1.29 is 5.11 Å². The van der Waals surface area contributed by atoms with Gasteiger partial charge in [-0.1, -0.05) is 18.2 Å². The van der Waals surface area contributed by atoms with Gasteiger partial charge in [-0.3, -0.25) is 13.9 Å². The van der Waals surface area contributed by atoms with Gasteiger partial charge < -0.3 is 10.4 Å². The number of nitrogens with zero attached hydrogens (tertiary/aromatic N) is 3. The molecule has 0 saturated carbocycles. The van der Waals surface area contributed by atoms with E-state index in [0.717, 1.165) is 22.5 Å². The molecule has 4 rings (SSSR count). The third kappa shape index (κ3) is 3.11. The molecule has 1 aliphatic heterocycles. The number of nitrogens with one attached hydrogen (secondary N) is 1. The third-order valence-electron chi connectivity index (χ3n) is 4.75. The zero-order valence-corrected chi connectivity index (χ0v) is 15.8. The first-order chi connectivity index (χ1) is 12.1. The summed E-state index contributed by atoms with van der Waals surface area (Å²) < 4.78 is 4.45. The number of piperidine rings is 1. The molecule has 2 aromatic heterocycles. The Bertz CT molecular complexity index is 958. The first-order valence-electron chi connectivity index (χ1n) is 8.32. The van der Waals surface area contributed by atoms with Crippen molar-refractivity contribution in [2.45, 2.75) is 25.0 Å². The number of aliphatic hydroxyl groups is 1. The maximum Gasteiger partial charge on any atom is 0.262 e. The summed E-state index contributed by atoms with van der Waals surface area (Å²) in [6.45, 7) is 1.82. The second-order valence-corrected chi connectivity index (χ2v) is 7.63. The van der Waals surface area contributed by atoms with Crippen LogP contribution in [0.5, 0.6) is 0 Å². The molecule has 130 valence electrons. The number of para-hydroxylation sites is 1. The normalized spacial score (nSPS) is 17.0. The molecule has 1 aliphatic rings. The van der Waals surface area contributed by atoms with E-state index in [9.17, 15) is 9.90 Å². The van der Waals surface area contributed by atoms with Crippen LogP contribution >= 0.6 is 22.6 Å². The van der Waals surface area contributed by atoms with E-state index in [1.165, 1.54) is 0 Å². The maximum atomic E-state index is 12.9. The van der Waals surface area contributed by atoms with E-state index in [1.54, 1.807) is 10.9 Å². The van der Waals surface area contributed by atoms with E-state index in [1.807, 2.05) is 41.0 Å². The largest absolute Gasteiger partial charge is 0.388 e. The van der Waals surface area contributed by atoms with E-state index in [4.69, 9.17) is 0 Å². The quantitative estimate of drug-likeness (QED) is 0.599. The summed E-state index contributed by atoms with van der Waals surface area (Å²) in [5, 5.41) is 14.5. The number of rotatable bonds is 3. The van der Waals surface area contributed by atoms with E-state index >= 15 is 0 Å². The Balaban J connectivity index is 1.78. The topological polar surface area (TPSA) is 72.1 Å². The summed E-state index contributed by atoms with van der Waals surface area (Å²) in [6.07, 6.45) is 2.83. The first kappa shape index (κ1) is 16.7. The lowest BCUT2D eigenvalue weighted by molar-refractivity contribution is -0.00627. The van der Waals surface area contributed by atoms with Crippen LogP contribution in [0, 0.1) is 3.70 Å². The second-order valence-electron chi connectivity index (χ2n) is 6.53. The van der Waals surface area contributed by atoms with E-state index in [0.29, 0.717) is 23.9 Å². The number of aromatic nitrogens is 3. The molecule has 1 saturated heterocycles. The van der Waals surface area contributed by atoms with Gasteiger partial charge in [-0.15, -0.1) is 0 Å². The van der Waals surface area contributed by atoms with Gasteiger partial charge in [0, 0.05) is 5.69 Å². The van der Waals surface area contributed by atoms with Gasteiger partial charge in [0.25, 0.3) is 5.56 Å². The van der Waals surface area contributed by atoms with E-state index in [2.05, 4.69) is 32.9 Å². The Morgan fingerprint density at radius 1 is 1.24 bits per heavy atom. The molecule has 1 aromatic carbocycles. The summed E-state index contributed by atoms with van der Waals surface area (Å²) in [6, 6.07) is 11.7. The number of hydrogen-bond acceptors (Lipinski definition) is 4. The lowest BCUT2D eigenvalue weighted by Gasteiger charge is -2.32. The molecule has 3 heterocycles. The minimum atomic E-state index is -0.848. The van der Waals surface area contributed by atoms with Gasteiger partial charge in [-0.05, 0) is 66.7 Å². The van der Waals surface area contributed by atoms with Gasteiger partial charge in [0.05, 0.1) is 21.2 Å². The second kappa shape index (κ2) is 6.54. The number of halogens is 1. The van der Waals surface area contributed by atoms with E-state index in [-0.39, 0.29) is 12.1 Å². The van der Waals surface area contributed by atoms with Crippen LogP contribution in [0.4, 0.5) is 0 Å². The van der Waals surface area contributed by atoms with Crippen LogP contribution in [-0.4, -0.2) is 37.9 Å². The lowest BCUT2D eigenvalue weighted by Crippen LogP contribution is -2.46. The molecule has 0 bridgehead atoms. The van der Waals surface area contributed by atoms with Crippen LogP contribution in [0.2, 0.25) is 0 Å². The van der Waals surface area contributed by atoms with Gasteiger partial charge in [-0.25, -0.2) is 4.98 Å². The van der Waals surface area contributed by atoms with Gasteiger partial charge >= 0.3 is 0 Å². The predicted molar refractivity (Wildman–Crippen MR) is 105 cm³/mol. The predicted octanol–water partition coefficient (Wildman–Crippen LogP) is 1.91. The lowest BCUT2D eigenvalue weighted by atomic mass is 9.92. The molecule has 0 amide bonds. The Morgan fingerprint density at radius 2 is 1.96 bits per heavy atom. The summed E-state index contributed by atoms with van der Waals surface area (Å²) in [5.74, 6) is 0. The first-order valence-corrected chi connectivity index (χ1v) is 9.40. The zero-order chi connectivity index (χ0) is 17.4. The van der Waals surface area contributed by atoms with Crippen molar-refractivity contribution in [1.82, 2.24) is 19.4 Å². The Morgan fingerprint density at radius 3 is 2.68 bits per heavy atom. The van der Waals surface area contributed by atoms with Crippen LogP contribution in [0.3, 0.4) is 0 Å². The molecule has 0 radical (unpaired) electrons. The highest BCUT2D eigenvalue weighted by atomic mass is 127. The van der Waals surface area contributed by atoms with Crippen molar-refractivity contribution in [2.24, 2.45) is 0 Å². The molecule has 0 spiro atoms. The summed E-state index contributed by atoms with van der Waals surface area (Å²) in [7, 11) is 0. The smallest absolute Gasteiger partial charge is 0.262 e. The molecular weight excluding hydrogens is 431 g/mol. The van der Waals surface area contributed by atoms with Gasteiger partial charge in [0.15, 0.2) is 5.65 Å². The summed E-state index contributed by atoms with van der Waals surface area (Å²) in [4.78, 5) is 17.5. The number of hydrogen-bond donors (Lipinski definition) is 2. The molecule has 0 aliphatic carbocycles. The number of fused-ring (bicyclic) bond motifs is 1. The molecular formula is C18H19IN4O2. The Labute approximate surface area is 158 Å². The Hall–Kier alpha value is -1.71. The summed E-state index contributed by atoms with van der Waals surface area (Å²) >= 11 is 2.22. The minimum Gasteiger partial charge on any atom is -0.388 e. The van der Waals surface area contributed by atoms with Crippen LogP contribution in [0.25, 0.3) is 16.7 Å². The van der Waals surface area contributed by atoms with Gasteiger partial charge in [-0.2, -0.15) is 0 Å². The third-order valence-corrected chi connectivity index (χ3v) is 5.55. The van der Waals surface area contributed by atoms with Crippen molar-refractivity contribution in [3.05, 3.63) is 56.8 Å². The van der Waals surface area contributed by atoms with Crippen LogP contribution in [0.1, 0.15) is 12.8 Å². The van der Waals surface area contributed by atoms with Crippen LogP contribution in [0.15, 0.2) is 47.5 Å². The average Bonchev–Trinajstić information content (AvgIpc) is 2.96. The molecule has 25 heavy (non-hydrogen) atoms. The minimum absolute atomic E-state index is 0.107. The van der Waals surface area contributed by atoms with E-state index < -0.39 is 5.60 Å². The molecule has 1 fully saturated rings. The van der Waals surface area contributed by atoms with Crippen molar-refractivity contribution in [2.75, 3.05) is 13.1 Å². The van der Waals surface area contributed by atoms with Crippen molar-refractivity contribution >= 4 is 33.6 Å². The molecule has 0 unspecified atom stereocenters. The fourth-order valence-electron chi connectivity index (χ4n) is 3.39. The zero-order valence-electron chi connectivity index (χ0n) is 13.7. The van der Waals surface area contributed by atoms with Crippen LogP contribution in [-0.2, 0) is 6.54 Å². The highest BCUT2D eigenvalue weighted by molar-refractivity contribution is 14.1. The fraction of sp³-hybridized carbons (Fsp3) is 0.333. The summed E-state index contributed by atoms with van der Waals surface area (Å²) in [5.41, 5.74) is 0.668. The highest BCUT2D eigenvalue weighted by Gasteiger charge is 2.30. The highest BCUT2D eigenvalue weighted by Crippen LogP contribution is 2.23. The standard InChI is InChI=1S/C18H19IN4O2/c19-15-10-14-16(23(15)13-4-2-1-3-5-13)21-12-22(17(14)24)11-18(25)6-8-20-9-7-18/h1-5,10,12,20,25H,6-9,11H2. The fourth-order valence-corrected chi connectivity index (χ4v) is 4.21. The van der Waals surface area contributed by atoms with Crippen LogP contribution < -0.4 is 10.9 Å². The molecule has 3 aromatic rings. The molecule has 2 N–H and O–H groups in total. The van der Waals surface area contributed by atoms with Gasteiger partial charge in [0.1, 0.15) is 6.33 Å². The van der Waals surface area contributed by atoms with Gasteiger partial charge in [0.2, 0.25) is 0 Å². The maximum absolute atomic E-state index is 12.9. The molecule has 0 atom stereocenters. The van der Waals surface area contributed by atoms with Crippen molar-refractivity contribution in [3.63, 3.8) is 0 Å². The average molecular weight is 450 g/mol. The molecule has 7 heteroatoms. The SMILES string of the molecule is O=c1c2cc(I)n(-c3ccccc3)c2ncn1CC1(O)CCNCC1. The van der Waals surface area contributed by atoms with Crippen molar-refractivity contribution in [3.8, 4) is 5.69 Å². The monoisotopic (exact) mass is 450 g/mol. The number of benzene rings is 1.